The van der Waals surface area contributed by atoms with Gasteiger partial charge in [-0.05, 0) is 24.3 Å². The molecule has 0 saturated heterocycles. The van der Waals surface area contributed by atoms with E-state index in [9.17, 15) is 9.59 Å². The van der Waals surface area contributed by atoms with E-state index in [4.69, 9.17) is 11.6 Å². The van der Waals surface area contributed by atoms with Crippen LogP contribution < -0.4 is 10.6 Å². The highest BCUT2D eigenvalue weighted by Crippen LogP contribution is 2.08. The van der Waals surface area contributed by atoms with Gasteiger partial charge in [0.15, 0.2) is 0 Å². The van der Waals surface area contributed by atoms with E-state index in [-0.39, 0.29) is 23.5 Å². The van der Waals surface area contributed by atoms with Crippen LogP contribution in [0.2, 0.25) is 5.15 Å². The van der Waals surface area contributed by atoms with Crippen LogP contribution in [-0.2, 0) is 4.79 Å². The van der Waals surface area contributed by atoms with Gasteiger partial charge in [-0.2, -0.15) is 0 Å². The Bertz CT molecular complexity index is 617. The Labute approximate surface area is 121 Å². The lowest BCUT2D eigenvalue weighted by Crippen LogP contribution is -2.33. The zero-order valence-corrected chi connectivity index (χ0v) is 11.2. The molecule has 0 radical (unpaired) electrons. The van der Waals surface area contributed by atoms with Crippen LogP contribution in [0.4, 0.5) is 5.82 Å². The maximum atomic E-state index is 11.7. The smallest absolute Gasteiger partial charge is 0.251 e. The summed E-state index contributed by atoms with van der Waals surface area (Å²) in [5.41, 5.74) is 0.501. The first kappa shape index (κ1) is 14.0. The van der Waals surface area contributed by atoms with E-state index < -0.39 is 0 Å². The van der Waals surface area contributed by atoms with Crippen molar-refractivity contribution in [2.45, 2.75) is 0 Å². The number of halogens is 1. The third-order valence-electron chi connectivity index (χ3n) is 2.43. The van der Waals surface area contributed by atoms with Crippen LogP contribution >= 0.6 is 11.6 Å². The van der Waals surface area contributed by atoms with Gasteiger partial charge in [-0.15, -0.1) is 0 Å². The lowest BCUT2D eigenvalue weighted by atomic mass is 10.2. The minimum Gasteiger partial charge on any atom is -0.343 e. The molecule has 6 heteroatoms. The van der Waals surface area contributed by atoms with Gasteiger partial charge in [0.2, 0.25) is 5.91 Å². The molecule has 5 nitrogen and oxygen atoms in total. The summed E-state index contributed by atoms with van der Waals surface area (Å²) in [7, 11) is 0. The van der Waals surface area contributed by atoms with E-state index in [1.54, 1.807) is 42.5 Å². The minimum atomic E-state index is -0.371. The van der Waals surface area contributed by atoms with Crippen molar-refractivity contribution in [1.82, 2.24) is 10.3 Å². The minimum absolute atomic E-state index is 0.137. The van der Waals surface area contributed by atoms with Crippen molar-refractivity contribution in [3.8, 4) is 0 Å². The third-order valence-corrected chi connectivity index (χ3v) is 2.64. The van der Waals surface area contributed by atoms with E-state index in [0.717, 1.165) is 0 Å². The molecular formula is C14H12ClN3O2. The summed E-state index contributed by atoms with van der Waals surface area (Å²) >= 11 is 5.70. The molecule has 102 valence electrons. The predicted molar refractivity (Wildman–Crippen MR) is 76.7 cm³/mol. The van der Waals surface area contributed by atoms with Crippen LogP contribution in [0.25, 0.3) is 0 Å². The first-order chi connectivity index (χ1) is 9.65. The van der Waals surface area contributed by atoms with E-state index in [2.05, 4.69) is 15.6 Å². The molecule has 0 saturated carbocycles. The fraction of sp³-hybridized carbons (Fsp3) is 0.0714. The summed E-state index contributed by atoms with van der Waals surface area (Å²) in [6.45, 7) is -0.137. The monoisotopic (exact) mass is 289 g/mol. The number of carbonyl (C=O) groups excluding carboxylic acids is 2. The fourth-order valence-corrected chi connectivity index (χ4v) is 1.68. The number of nitrogens with zero attached hydrogens (tertiary/aromatic N) is 1. The molecule has 2 rings (SSSR count). The molecule has 0 aliphatic rings. The summed E-state index contributed by atoms with van der Waals surface area (Å²) in [5.74, 6) is -0.333. The van der Waals surface area contributed by atoms with E-state index >= 15 is 0 Å². The number of hydrogen-bond acceptors (Lipinski definition) is 3. The molecule has 0 spiro atoms. The second-order valence-corrected chi connectivity index (χ2v) is 4.33. The van der Waals surface area contributed by atoms with Crippen molar-refractivity contribution in [3.05, 3.63) is 59.2 Å². The summed E-state index contributed by atoms with van der Waals surface area (Å²) in [4.78, 5) is 27.3. The third kappa shape index (κ3) is 4.07. The lowest BCUT2D eigenvalue weighted by molar-refractivity contribution is -0.115. The summed E-state index contributed by atoms with van der Waals surface area (Å²) in [6.07, 6.45) is 0. The molecule has 2 amide bonds. The largest absolute Gasteiger partial charge is 0.343 e. The zero-order chi connectivity index (χ0) is 14.4. The molecular weight excluding hydrogens is 278 g/mol. The normalized spacial score (nSPS) is 9.85. The number of pyridine rings is 1. The van der Waals surface area contributed by atoms with Crippen LogP contribution in [-0.4, -0.2) is 23.3 Å². The average molecular weight is 290 g/mol. The molecule has 2 aromatic rings. The Kier molecular flexibility index (Phi) is 4.68. The summed E-state index contributed by atoms with van der Waals surface area (Å²) in [5, 5.41) is 5.35. The van der Waals surface area contributed by atoms with E-state index in [1.165, 1.54) is 0 Å². The second-order valence-electron chi connectivity index (χ2n) is 3.94. The van der Waals surface area contributed by atoms with Gasteiger partial charge in [0.25, 0.3) is 5.91 Å². The molecule has 0 fully saturated rings. The number of hydrogen-bond donors (Lipinski definition) is 2. The van der Waals surface area contributed by atoms with Gasteiger partial charge < -0.3 is 10.6 Å². The fourth-order valence-electron chi connectivity index (χ4n) is 1.52. The number of rotatable bonds is 4. The predicted octanol–water partition coefficient (Wildman–Crippen LogP) is 2.10. The van der Waals surface area contributed by atoms with Gasteiger partial charge in [-0.25, -0.2) is 4.98 Å². The number of aromatic nitrogens is 1. The van der Waals surface area contributed by atoms with Crippen molar-refractivity contribution in [2.24, 2.45) is 0 Å². The molecule has 1 aromatic carbocycles. The van der Waals surface area contributed by atoms with E-state index in [1.807, 2.05) is 6.07 Å². The standard InChI is InChI=1S/C14H12ClN3O2/c15-11-7-4-8-12(17-11)18-13(19)9-16-14(20)10-5-2-1-3-6-10/h1-8H,9H2,(H,16,20)(H,17,18,19). The Hall–Kier alpha value is -2.40. The zero-order valence-electron chi connectivity index (χ0n) is 10.5. The molecule has 1 aromatic heterocycles. The molecule has 20 heavy (non-hydrogen) atoms. The van der Waals surface area contributed by atoms with Crippen molar-refractivity contribution in [1.29, 1.82) is 0 Å². The quantitative estimate of drug-likeness (QED) is 0.847. The number of anilines is 1. The van der Waals surface area contributed by atoms with Gasteiger partial charge in [0.05, 0.1) is 6.54 Å². The highest BCUT2D eigenvalue weighted by atomic mass is 35.5. The molecule has 2 N–H and O–H groups in total. The van der Waals surface area contributed by atoms with Crippen molar-refractivity contribution in [2.75, 3.05) is 11.9 Å². The highest BCUT2D eigenvalue weighted by Gasteiger charge is 2.08. The highest BCUT2D eigenvalue weighted by molar-refractivity contribution is 6.29. The molecule has 0 bridgehead atoms. The Balaban J connectivity index is 1.85. The average Bonchev–Trinajstić information content (AvgIpc) is 2.46. The SMILES string of the molecule is O=C(CNC(=O)c1ccccc1)Nc1cccc(Cl)n1. The van der Waals surface area contributed by atoms with Crippen molar-refractivity contribution >= 4 is 29.2 Å². The van der Waals surface area contributed by atoms with Gasteiger partial charge in [0, 0.05) is 5.56 Å². The van der Waals surface area contributed by atoms with E-state index in [0.29, 0.717) is 11.4 Å². The maximum Gasteiger partial charge on any atom is 0.251 e. The number of amides is 2. The summed E-state index contributed by atoms with van der Waals surface area (Å²) < 4.78 is 0. The number of nitrogens with one attached hydrogen (secondary N) is 2. The van der Waals surface area contributed by atoms with Gasteiger partial charge in [-0.1, -0.05) is 35.9 Å². The Morgan fingerprint density at radius 2 is 1.80 bits per heavy atom. The first-order valence-electron chi connectivity index (χ1n) is 5.91. The number of benzene rings is 1. The van der Waals surface area contributed by atoms with Crippen LogP contribution in [0.5, 0.6) is 0 Å². The molecule has 0 atom stereocenters. The van der Waals surface area contributed by atoms with Gasteiger partial charge in [0.1, 0.15) is 11.0 Å². The maximum absolute atomic E-state index is 11.7. The van der Waals surface area contributed by atoms with Gasteiger partial charge >= 0.3 is 0 Å². The van der Waals surface area contributed by atoms with Gasteiger partial charge in [-0.3, -0.25) is 9.59 Å². The van der Waals surface area contributed by atoms with Crippen molar-refractivity contribution < 1.29 is 9.59 Å². The van der Waals surface area contributed by atoms with Crippen molar-refractivity contribution in [3.63, 3.8) is 0 Å². The summed E-state index contributed by atoms with van der Waals surface area (Å²) in [6, 6.07) is 13.6. The molecule has 1 heterocycles. The lowest BCUT2D eigenvalue weighted by Gasteiger charge is -2.06. The van der Waals surface area contributed by atoms with Crippen LogP contribution in [0.15, 0.2) is 48.5 Å². The Morgan fingerprint density at radius 3 is 2.50 bits per heavy atom. The molecule has 0 aliphatic carbocycles. The van der Waals surface area contributed by atoms with Crippen LogP contribution in [0.3, 0.4) is 0 Å². The first-order valence-corrected chi connectivity index (χ1v) is 6.28. The second kappa shape index (κ2) is 6.68. The van der Waals surface area contributed by atoms with Crippen LogP contribution in [0, 0.1) is 0 Å². The molecule has 0 aliphatic heterocycles. The number of carbonyl (C=O) groups is 2. The Morgan fingerprint density at radius 1 is 1.05 bits per heavy atom. The molecule has 0 unspecified atom stereocenters. The van der Waals surface area contributed by atoms with Crippen LogP contribution in [0.1, 0.15) is 10.4 Å². The topological polar surface area (TPSA) is 71.1 Å².